The van der Waals surface area contributed by atoms with E-state index >= 15 is 0 Å². The topological polar surface area (TPSA) is 115 Å². The molecular weight excluding hydrogens is 450 g/mol. The van der Waals surface area contributed by atoms with Crippen molar-refractivity contribution >= 4 is 0 Å². The van der Waals surface area contributed by atoms with Gasteiger partial charge in [0.2, 0.25) is 0 Å². The third-order valence-corrected chi connectivity index (χ3v) is 7.25. The van der Waals surface area contributed by atoms with Crippen molar-refractivity contribution in [2.45, 2.75) is 88.0 Å². The van der Waals surface area contributed by atoms with Gasteiger partial charge in [-0.3, -0.25) is 0 Å². The number of aliphatic hydroxyl groups is 1. The van der Waals surface area contributed by atoms with Crippen molar-refractivity contribution in [2.24, 2.45) is 5.11 Å². The molecule has 2 aliphatic carbocycles. The van der Waals surface area contributed by atoms with Gasteiger partial charge in [-0.15, -0.1) is 0 Å². The first-order valence-electron chi connectivity index (χ1n) is 12.0. The molecule has 1 N–H and O–H groups in total. The molecule has 9 nitrogen and oxygen atoms in total. The third kappa shape index (κ3) is 3.67. The van der Waals surface area contributed by atoms with E-state index in [9.17, 15) is 10.6 Å². The molecular formula is C26H29N3O6. The second kappa shape index (κ2) is 8.01. The maximum atomic E-state index is 11.5. The molecule has 4 aliphatic rings. The Balaban J connectivity index is 1.44. The van der Waals surface area contributed by atoms with Crippen molar-refractivity contribution in [3.05, 3.63) is 81.2 Å². The van der Waals surface area contributed by atoms with Crippen LogP contribution in [0.2, 0.25) is 0 Å². The smallest absolute Gasteiger partial charge is 0.164 e. The van der Waals surface area contributed by atoms with Gasteiger partial charge < -0.3 is 28.8 Å². The van der Waals surface area contributed by atoms with E-state index in [0.29, 0.717) is 0 Å². The van der Waals surface area contributed by atoms with Crippen molar-refractivity contribution in [1.82, 2.24) is 0 Å². The Morgan fingerprint density at radius 1 is 0.800 bits per heavy atom. The van der Waals surface area contributed by atoms with Gasteiger partial charge in [0, 0.05) is 4.91 Å². The van der Waals surface area contributed by atoms with Gasteiger partial charge in [-0.05, 0) is 55.5 Å². The van der Waals surface area contributed by atoms with E-state index in [0.717, 1.165) is 22.3 Å². The first kappa shape index (κ1) is 22.9. The number of nitrogens with zero attached hydrogens (tertiary/aromatic N) is 3. The Kier molecular flexibility index (Phi) is 5.25. The summed E-state index contributed by atoms with van der Waals surface area (Å²) in [7, 11) is 0. The summed E-state index contributed by atoms with van der Waals surface area (Å²) < 4.78 is 31.6. The lowest BCUT2D eigenvalue weighted by atomic mass is 9.80. The number of hydrogen-bond donors (Lipinski definition) is 1. The highest BCUT2D eigenvalue weighted by Gasteiger charge is 2.57. The Morgan fingerprint density at radius 3 is 1.94 bits per heavy atom. The molecule has 8 atom stereocenters. The molecule has 35 heavy (non-hydrogen) atoms. The molecule has 2 saturated heterocycles. The average molecular weight is 480 g/mol. The van der Waals surface area contributed by atoms with E-state index in [2.05, 4.69) is 10.0 Å². The van der Waals surface area contributed by atoms with E-state index in [1.54, 1.807) is 0 Å². The summed E-state index contributed by atoms with van der Waals surface area (Å²) in [6.07, 6.45) is -4.40. The van der Waals surface area contributed by atoms with Gasteiger partial charge >= 0.3 is 0 Å². The normalized spacial score (nSPS) is 38.0. The molecule has 0 radical (unpaired) electrons. The fourth-order valence-corrected chi connectivity index (χ4v) is 5.99. The lowest BCUT2D eigenvalue weighted by Crippen LogP contribution is -2.48. The van der Waals surface area contributed by atoms with Crippen LogP contribution in [0.15, 0.2) is 53.6 Å². The van der Waals surface area contributed by atoms with Gasteiger partial charge in [-0.2, -0.15) is 0 Å². The van der Waals surface area contributed by atoms with E-state index < -0.39 is 60.3 Å². The monoisotopic (exact) mass is 479 g/mol. The predicted octanol–water partition coefficient (Wildman–Crippen LogP) is 4.94. The first-order chi connectivity index (χ1) is 16.7. The Labute approximate surface area is 203 Å². The number of fused-ring (bicyclic) bond motifs is 6. The van der Waals surface area contributed by atoms with Crippen molar-refractivity contribution in [3.63, 3.8) is 0 Å². The van der Waals surface area contributed by atoms with Gasteiger partial charge in [0.1, 0.15) is 42.7 Å². The molecule has 0 unspecified atom stereocenters. The van der Waals surface area contributed by atoms with Crippen molar-refractivity contribution in [3.8, 4) is 0 Å². The van der Waals surface area contributed by atoms with Crippen LogP contribution >= 0.6 is 0 Å². The fourth-order valence-electron chi connectivity index (χ4n) is 5.99. The van der Waals surface area contributed by atoms with Gasteiger partial charge in [-0.1, -0.05) is 53.6 Å². The zero-order valence-electron chi connectivity index (χ0n) is 20.1. The highest BCUT2D eigenvalue weighted by atomic mass is 16.8. The Morgan fingerprint density at radius 2 is 1.31 bits per heavy atom. The minimum Gasteiger partial charge on any atom is -0.387 e. The van der Waals surface area contributed by atoms with Crippen LogP contribution in [0.1, 0.15) is 74.3 Å². The molecule has 0 bridgehead atoms. The minimum absolute atomic E-state index is 0.398. The van der Waals surface area contributed by atoms with Crippen LogP contribution in [0, 0.1) is 0 Å². The molecule has 9 heteroatoms. The summed E-state index contributed by atoms with van der Waals surface area (Å²) in [5, 5.41) is 15.6. The minimum atomic E-state index is -1.01. The number of rotatable bonds is 3. The maximum absolute atomic E-state index is 11.5. The van der Waals surface area contributed by atoms with Crippen LogP contribution in [0.3, 0.4) is 0 Å². The Bertz CT molecular complexity index is 1200. The average Bonchev–Trinajstić information content (AvgIpc) is 3.33. The van der Waals surface area contributed by atoms with Crippen molar-refractivity contribution < 1.29 is 28.8 Å². The second-order valence-electron chi connectivity index (χ2n) is 10.5. The summed E-state index contributed by atoms with van der Waals surface area (Å²) in [6.45, 7) is 7.38. The third-order valence-electron chi connectivity index (χ3n) is 7.25. The zero-order valence-corrected chi connectivity index (χ0v) is 20.1. The van der Waals surface area contributed by atoms with Crippen LogP contribution in [0.5, 0.6) is 0 Å². The van der Waals surface area contributed by atoms with E-state index in [1.165, 1.54) is 0 Å². The predicted molar refractivity (Wildman–Crippen MR) is 124 cm³/mol. The summed E-state index contributed by atoms with van der Waals surface area (Å²) in [5.74, 6) is -1.69. The molecule has 2 aliphatic heterocycles. The molecule has 2 heterocycles. The van der Waals surface area contributed by atoms with E-state index in [-0.39, 0.29) is 0 Å². The molecule has 2 fully saturated rings. The van der Waals surface area contributed by atoms with E-state index in [1.807, 2.05) is 76.2 Å². The van der Waals surface area contributed by atoms with Crippen LogP contribution in [-0.4, -0.2) is 41.1 Å². The lowest BCUT2D eigenvalue weighted by Gasteiger charge is -2.43. The fraction of sp³-hybridized carbons (Fsp3) is 0.538. The standard InChI is InChI=1S/C26H29N3O6/c1-25(2)32-20-16-12-8-7-11-15(16)19(18(30)23(20)34-25)31-22-17(28-29-27)13-9-5-6-10-14(13)21-24(22)35-26(3,4)33-21/h5-12,17-24,30H,1-4H3/t17-,18+,19-,20+,21+,22+,23-,24+/m0/s1. The molecule has 6 rings (SSSR count). The van der Waals surface area contributed by atoms with Gasteiger partial charge in [0.25, 0.3) is 0 Å². The summed E-state index contributed by atoms with van der Waals surface area (Å²) >= 11 is 0. The highest BCUT2D eigenvalue weighted by Crippen LogP contribution is 2.53. The summed E-state index contributed by atoms with van der Waals surface area (Å²) in [4.78, 5) is 3.13. The summed E-state index contributed by atoms with van der Waals surface area (Å²) in [6, 6.07) is 14.8. The van der Waals surface area contributed by atoms with Crippen LogP contribution in [0.4, 0.5) is 0 Å². The van der Waals surface area contributed by atoms with Gasteiger partial charge in [0.05, 0.1) is 6.04 Å². The maximum Gasteiger partial charge on any atom is 0.164 e. The molecule has 0 amide bonds. The van der Waals surface area contributed by atoms with Gasteiger partial charge in [0.15, 0.2) is 11.6 Å². The quantitative estimate of drug-likeness (QED) is 0.379. The number of hydrogen-bond acceptors (Lipinski definition) is 7. The second-order valence-corrected chi connectivity index (χ2v) is 10.5. The molecule has 2 aromatic rings. The molecule has 0 aromatic heterocycles. The Hall–Kier alpha value is -2.49. The summed E-state index contributed by atoms with van der Waals surface area (Å²) in [5.41, 5.74) is 12.9. The molecule has 184 valence electrons. The van der Waals surface area contributed by atoms with Gasteiger partial charge in [-0.25, -0.2) is 0 Å². The SMILES string of the molecule is CC1(C)O[C@H]2[C@H](O)[C@@H](O[C@H]3[C@@H]4OC(C)(C)O[C@@H]4c4ccccc4[C@@H]3N=[N+]=[N-])c3ccccc3[C@H]2O1. The number of aliphatic hydroxyl groups excluding tert-OH is 1. The van der Waals surface area contributed by atoms with E-state index in [4.69, 9.17) is 23.7 Å². The lowest BCUT2D eigenvalue weighted by molar-refractivity contribution is -0.194. The van der Waals surface area contributed by atoms with Crippen molar-refractivity contribution in [1.29, 1.82) is 0 Å². The first-order valence-corrected chi connectivity index (χ1v) is 12.0. The number of ether oxygens (including phenoxy) is 5. The molecule has 0 saturated carbocycles. The zero-order chi connectivity index (χ0) is 24.5. The van der Waals surface area contributed by atoms with Crippen molar-refractivity contribution in [2.75, 3.05) is 0 Å². The largest absolute Gasteiger partial charge is 0.387 e. The van der Waals surface area contributed by atoms with Crippen LogP contribution in [0.25, 0.3) is 10.4 Å². The number of benzene rings is 2. The molecule has 2 aromatic carbocycles. The van der Waals surface area contributed by atoms with Crippen LogP contribution in [-0.2, 0) is 23.7 Å². The molecule has 0 spiro atoms. The number of azide groups is 1. The highest BCUT2D eigenvalue weighted by molar-refractivity contribution is 5.40. The van der Waals surface area contributed by atoms with Crippen LogP contribution < -0.4 is 0 Å².